The number of rotatable bonds is 5. The van der Waals surface area contributed by atoms with Crippen molar-refractivity contribution >= 4 is 34.8 Å². The minimum absolute atomic E-state index is 0.102. The summed E-state index contributed by atoms with van der Waals surface area (Å²) in [4.78, 5) is 29.1. The lowest BCUT2D eigenvalue weighted by molar-refractivity contribution is 0.101. The van der Waals surface area contributed by atoms with Gasteiger partial charge in [-0.25, -0.2) is 9.07 Å². The summed E-state index contributed by atoms with van der Waals surface area (Å²) >= 11 is 5.99. The van der Waals surface area contributed by atoms with Crippen LogP contribution in [0.4, 0.5) is 15.8 Å². The minimum atomic E-state index is -0.569. The van der Waals surface area contributed by atoms with E-state index in [2.05, 4.69) is 20.7 Å². The van der Waals surface area contributed by atoms with Crippen LogP contribution in [0.3, 0.4) is 0 Å². The van der Waals surface area contributed by atoms with Gasteiger partial charge in [-0.2, -0.15) is 5.10 Å². The van der Waals surface area contributed by atoms with E-state index in [0.717, 1.165) is 6.07 Å². The van der Waals surface area contributed by atoms with E-state index in [0.29, 0.717) is 10.7 Å². The first kappa shape index (κ1) is 20.2. The Balaban J connectivity index is 1.54. The molecule has 0 saturated heterocycles. The fourth-order valence-electron chi connectivity index (χ4n) is 2.81. The number of hydrogen-bond acceptors (Lipinski definition) is 4. The summed E-state index contributed by atoms with van der Waals surface area (Å²) in [5.74, 6) is -1.58. The van der Waals surface area contributed by atoms with Crippen molar-refractivity contribution in [2.75, 3.05) is 10.6 Å². The second kappa shape index (κ2) is 8.76. The summed E-state index contributed by atoms with van der Waals surface area (Å²) in [6.07, 6.45) is 4.38. The van der Waals surface area contributed by atoms with Crippen molar-refractivity contribution in [3.8, 4) is 5.69 Å². The van der Waals surface area contributed by atoms with Crippen LogP contribution in [0.2, 0.25) is 5.02 Å². The van der Waals surface area contributed by atoms with Gasteiger partial charge in [-0.05, 0) is 48.5 Å². The highest BCUT2D eigenvalue weighted by Crippen LogP contribution is 2.24. The zero-order valence-corrected chi connectivity index (χ0v) is 16.7. The summed E-state index contributed by atoms with van der Waals surface area (Å²) in [7, 11) is 0. The van der Waals surface area contributed by atoms with Crippen molar-refractivity contribution in [2.24, 2.45) is 0 Å². The first-order valence-electron chi connectivity index (χ1n) is 9.13. The second-order valence-electron chi connectivity index (χ2n) is 6.47. The standard InChI is InChI=1S/C22H15ClFN5O2/c23-15-4-3-5-17(10-15)29-13-14(12-26-29)21(30)28-20-11-16(24)7-8-18(20)27-22(31)19-6-1-2-9-25-19/h1-13H,(H,27,31)(H,28,30). The lowest BCUT2D eigenvalue weighted by Crippen LogP contribution is -2.17. The van der Waals surface area contributed by atoms with Crippen LogP contribution in [0.1, 0.15) is 20.8 Å². The molecule has 0 bridgehead atoms. The topological polar surface area (TPSA) is 88.9 Å². The molecule has 0 atom stereocenters. The Hall–Kier alpha value is -4.04. The summed E-state index contributed by atoms with van der Waals surface area (Å²) in [5.41, 5.74) is 1.44. The van der Waals surface area contributed by atoms with E-state index in [1.807, 2.05) is 0 Å². The minimum Gasteiger partial charge on any atom is -0.320 e. The molecule has 4 rings (SSSR count). The van der Waals surface area contributed by atoms with Gasteiger partial charge in [-0.15, -0.1) is 0 Å². The summed E-state index contributed by atoms with van der Waals surface area (Å²) in [6, 6.07) is 15.6. The number of hydrogen-bond donors (Lipinski definition) is 2. The van der Waals surface area contributed by atoms with Gasteiger partial charge in [0.15, 0.2) is 0 Å². The summed E-state index contributed by atoms with van der Waals surface area (Å²) in [6.45, 7) is 0. The van der Waals surface area contributed by atoms with Crippen LogP contribution >= 0.6 is 11.6 Å². The third-order valence-electron chi connectivity index (χ3n) is 4.29. The molecule has 2 heterocycles. The molecule has 0 aliphatic heterocycles. The van der Waals surface area contributed by atoms with E-state index < -0.39 is 17.6 Å². The fraction of sp³-hybridized carbons (Fsp3) is 0. The number of carbonyl (C=O) groups is 2. The van der Waals surface area contributed by atoms with Crippen LogP contribution in [-0.2, 0) is 0 Å². The van der Waals surface area contributed by atoms with E-state index >= 15 is 0 Å². The number of carbonyl (C=O) groups excluding carboxylic acids is 2. The number of amides is 2. The van der Waals surface area contributed by atoms with E-state index in [1.54, 1.807) is 42.5 Å². The van der Waals surface area contributed by atoms with Gasteiger partial charge in [-0.1, -0.05) is 23.7 Å². The maximum atomic E-state index is 13.8. The van der Waals surface area contributed by atoms with Crippen LogP contribution in [0.15, 0.2) is 79.3 Å². The number of anilines is 2. The van der Waals surface area contributed by atoms with Crippen LogP contribution in [-0.4, -0.2) is 26.6 Å². The fourth-order valence-corrected chi connectivity index (χ4v) is 2.99. The normalized spacial score (nSPS) is 10.5. The molecule has 0 spiro atoms. The largest absolute Gasteiger partial charge is 0.320 e. The molecule has 0 saturated carbocycles. The third-order valence-corrected chi connectivity index (χ3v) is 4.53. The van der Waals surface area contributed by atoms with Gasteiger partial charge in [0, 0.05) is 17.4 Å². The molecule has 9 heteroatoms. The Morgan fingerprint density at radius 1 is 0.935 bits per heavy atom. The molecule has 0 aliphatic rings. The average Bonchev–Trinajstić information content (AvgIpc) is 3.27. The molecule has 7 nitrogen and oxygen atoms in total. The third kappa shape index (κ3) is 4.76. The van der Waals surface area contributed by atoms with Crippen molar-refractivity contribution < 1.29 is 14.0 Å². The van der Waals surface area contributed by atoms with E-state index in [4.69, 9.17) is 11.6 Å². The molecule has 4 aromatic rings. The smallest absolute Gasteiger partial charge is 0.274 e. The maximum absolute atomic E-state index is 13.8. The van der Waals surface area contributed by atoms with E-state index in [1.165, 1.54) is 35.4 Å². The van der Waals surface area contributed by atoms with Crippen molar-refractivity contribution in [2.45, 2.75) is 0 Å². The number of nitrogens with one attached hydrogen (secondary N) is 2. The van der Waals surface area contributed by atoms with E-state index in [-0.39, 0.29) is 22.6 Å². The molecular formula is C22H15ClFN5O2. The lowest BCUT2D eigenvalue weighted by Gasteiger charge is -2.12. The van der Waals surface area contributed by atoms with Gasteiger partial charge in [0.25, 0.3) is 11.8 Å². The molecule has 0 radical (unpaired) electrons. The summed E-state index contributed by atoms with van der Waals surface area (Å²) < 4.78 is 15.3. The molecular weight excluding hydrogens is 421 g/mol. The lowest BCUT2D eigenvalue weighted by atomic mass is 10.2. The van der Waals surface area contributed by atoms with Crippen LogP contribution in [0.25, 0.3) is 5.69 Å². The Morgan fingerprint density at radius 2 is 1.77 bits per heavy atom. The first-order valence-corrected chi connectivity index (χ1v) is 9.51. The van der Waals surface area contributed by atoms with Gasteiger partial charge in [0.05, 0.1) is 28.8 Å². The zero-order chi connectivity index (χ0) is 21.8. The van der Waals surface area contributed by atoms with Gasteiger partial charge in [-0.3, -0.25) is 14.6 Å². The number of benzene rings is 2. The van der Waals surface area contributed by atoms with Gasteiger partial charge in [0.2, 0.25) is 0 Å². The molecule has 2 N–H and O–H groups in total. The number of halogens is 2. The highest BCUT2D eigenvalue weighted by molar-refractivity contribution is 6.30. The predicted molar refractivity (Wildman–Crippen MR) is 115 cm³/mol. The second-order valence-corrected chi connectivity index (χ2v) is 6.90. The van der Waals surface area contributed by atoms with Crippen molar-refractivity contribution in [1.29, 1.82) is 0 Å². The van der Waals surface area contributed by atoms with E-state index in [9.17, 15) is 14.0 Å². The predicted octanol–water partition coefficient (Wildman–Crippen LogP) is 4.56. The molecule has 0 fully saturated rings. The highest BCUT2D eigenvalue weighted by atomic mass is 35.5. The maximum Gasteiger partial charge on any atom is 0.274 e. The molecule has 154 valence electrons. The molecule has 2 aromatic carbocycles. The number of nitrogens with zero attached hydrogens (tertiary/aromatic N) is 3. The Morgan fingerprint density at radius 3 is 2.55 bits per heavy atom. The monoisotopic (exact) mass is 435 g/mol. The summed E-state index contributed by atoms with van der Waals surface area (Å²) in [5, 5.41) is 9.93. The van der Waals surface area contributed by atoms with Crippen molar-refractivity contribution in [3.63, 3.8) is 0 Å². The van der Waals surface area contributed by atoms with Crippen LogP contribution in [0, 0.1) is 5.82 Å². The molecule has 0 aliphatic carbocycles. The van der Waals surface area contributed by atoms with Gasteiger partial charge in [0.1, 0.15) is 11.5 Å². The van der Waals surface area contributed by atoms with Crippen molar-refractivity contribution in [1.82, 2.24) is 14.8 Å². The number of aromatic nitrogens is 3. The number of pyridine rings is 1. The van der Waals surface area contributed by atoms with Crippen LogP contribution < -0.4 is 10.6 Å². The highest BCUT2D eigenvalue weighted by Gasteiger charge is 2.15. The Kier molecular flexibility index (Phi) is 5.72. The average molecular weight is 436 g/mol. The first-order chi connectivity index (χ1) is 15.0. The zero-order valence-electron chi connectivity index (χ0n) is 15.9. The molecule has 31 heavy (non-hydrogen) atoms. The van der Waals surface area contributed by atoms with Gasteiger partial charge >= 0.3 is 0 Å². The van der Waals surface area contributed by atoms with Crippen molar-refractivity contribution in [3.05, 3.63) is 101 Å². The Bertz CT molecular complexity index is 1260. The molecule has 0 unspecified atom stereocenters. The SMILES string of the molecule is O=C(Nc1cc(F)ccc1NC(=O)c1ccccn1)c1cnn(-c2cccc(Cl)c2)c1. The Labute approximate surface area is 181 Å². The molecule has 2 amide bonds. The van der Waals surface area contributed by atoms with Gasteiger partial charge < -0.3 is 10.6 Å². The quantitative estimate of drug-likeness (QED) is 0.480. The van der Waals surface area contributed by atoms with Crippen LogP contribution in [0.5, 0.6) is 0 Å². The molecule has 2 aromatic heterocycles.